The van der Waals surface area contributed by atoms with E-state index >= 15 is 0 Å². The van der Waals surface area contributed by atoms with Crippen LogP contribution in [0, 0.1) is 0 Å². The SMILES string of the molecule is C/C=C/C(CCNC)Oc1cccc2ccccc12. The van der Waals surface area contributed by atoms with Crippen LogP contribution in [0.5, 0.6) is 5.75 Å². The van der Waals surface area contributed by atoms with E-state index in [4.69, 9.17) is 4.74 Å². The predicted molar refractivity (Wildman–Crippen MR) is 81.7 cm³/mol. The van der Waals surface area contributed by atoms with Gasteiger partial charge < -0.3 is 10.1 Å². The Labute approximate surface area is 115 Å². The summed E-state index contributed by atoms with van der Waals surface area (Å²) in [5.74, 6) is 0.956. The van der Waals surface area contributed by atoms with Gasteiger partial charge in [0.25, 0.3) is 0 Å². The summed E-state index contributed by atoms with van der Waals surface area (Å²) >= 11 is 0. The van der Waals surface area contributed by atoms with Gasteiger partial charge in [0.05, 0.1) is 0 Å². The second kappa shape index (κ2) is 6.95. The van der Waals surface area contributed by atoms with Crippen LogP contribution in [0.2, 0.25) is 0 Å². The number of hydrogen-bond donors (Lipinski definition) is 1. The normalized spacial score (nSPS) is 12.9. The molecule has 0 heterocycles. The molecule has 0 aliphatic carbocycles. The van der Waals surface area contributed by atoms with Gasteiger partial charge in [-0.05, 0) is 38.0 Å². The van der Waals surface area contributed by atoms with Gasteiger partial charge >= 0.3 is 0 Å². The molecule has 0 radical (unpaired) electrons. The molecule has 2 aromatic carbocycles. The molecule has 1 atom stereocenters. The van der Waals surface area contributed by atoms with E-state index < -0.39 is 0 Å². The molecule has 2 nitrogen and oxygen atoms in total. The minimum atomic E-state index is 0.114. The third-order valence-electron chi connectivity index (χ3n) is 3.11. The molecule has 0 saturated heterocycles. The maximum atomic E-state index is 6.14. The number of rotatable bonds is 6. The Morgan fingerprint density at radius 3 is 2.74 bits per heavy atom. The Hall–Kier alpha value is -1.80. The number of nitrogens with one attached hydrogen (secondary N) is 1. The molecule has 0 aromatic heterocycles. The van der Waals surface area contributed by atoms with Gasteiger partial charge in [0.15, 0.2) is 0 Å². The second-order valence-corrected chi connectivity index (χ2v) is 4.55. The van der Waals surface area contributed by atoms with Crippen molar-refractivity contribution in [3.63, 3.8) is 0 Å². The quantitative estimate of drug-likeness (QED) is 0.793. The molecule has 0 aliphatic rings. The smallest absolute Gasteiger partial charge is 0.128 e. The summed E-state index contributed by atoms with van der Waals surface area (Å²) in [6, 6.07) is 14.5. The van der Waals surface area contributed by atoms with Gasteiger partial charge in [0, 0.05) is 11.8 Å². The monoisotopic (exact) mass is 255 g/mol. The largest absolute Gasteiger partial charge is 0.486 e. The number of ether oxygens (including phenoxy) is 1. The second-order valence-electron chi connectivity index (χ2n) is 4.55. The van der Waals surface area contributed by atoms with Crippen LogP contribution in [-0.4, -0.2) is 19.7 Å². The van der Waals surface area contributed by atoms with Crippen LogP contribution >= 0.6 is 0 Å². The van der Waals surface area contributed by atoms with E-state index in [9.17, 15) is 0 Å². The minimum Gasteiger partial charge on any atom is -0.486 e. The summed E-state index contributed by atoms with van der Waals surface area (Å²) < 4.78 is 6.14. The van der Waals surface area contributed by atoms with Gasteiger partial charge in [0.2, 0.25) is 0 Å². The van der Waals surface area contributed by atoms with Crippen LogP contribution < -0.4 is 10.1 Å². The van der Waals surface area contributed by atoms with E-state index in [0.29, 0.717) is 0 Å². The molecular weight excluding hydrogens is 234 g/mol. The van der Waals surface area contributed by atoms with E-state index in [1.54, 1.807) is 0 Å². The van der Waals surface area contributed by atoms with Crippen LogP contribution in [0.25, 0.3) is 10.8 Å². The zero-order chi connectivity index (χ0) is 13.5. The average molecular weight is 255 g/mol. The van der Waals surface area contributed by atoms with Crippen molar-refractivity contribution in [3.8, 4) is 5.75 Å². The van der Waals surface area contributed by atoms with Gasteiger partial charge in [0.1, 0.15) is 11.9 Å². The first-order chi connectivity index (χ1) is 9.35. The highest BCUT2D eigenvalue weighted by molar-refractivity contribution is 5.88. The van der Waals surface area contributed by atoms with E-state index in [2.05, 4.69) is 35.7 Å². The molecule has 100 valence electrons. The van der Waals surface area contributed by atoms with E-state index in [0.717, 1.165) is 18.7 Å². The fraction of sp³-hybridized carbons (Fsp3) is 0.294. The third-order valence-corrected chi connectivity index (χ3v) is 3.11. The average Bonchev–Trinajstić information content (AvgIpc) is 2.45. The van der Waals surface area contributed by atoms with Gasteiger partial charge in [-0.25, -0.2) is 0 Å². The van der Waals surface area contributed by atoms with Crippen LogP contribution in [0.4, 0.5) is 0 Å². The highest BCUT2D eigenvalue weighted by atomic mass is 16.5. The van der Waals surface area contributed by atoms with Crippen LogP contribution in [-0.2, 0) is 0 Å². The van der Waals surface area contributed by atoms with E-state index in [1.807, 2.05) is 38.2 Å². The lowest BCUT2D eigenvalue weighted by Gasteiger charge is -2.17. The lowest BCUT2D eigenvalue weighted by molar-refractivity contribution is 0.241. The lowest BCUT2D eigenvalue weighted by atomic mass is 10.1. The summed E-state index contributed by atoms with van der Waals surface area (Å²) in [6.45, 7) is 2.97. The van der Waals surface area contributed by atoms with Crippen molar-refractivity contribution < 1.29 is 4.74 Å². The Morgan fingerprint density at radius 1 is 1.16 bits per heavy atom. The fourth-order valence-corrected chi connectivity index (χ4v) is 2.16. The molecule has 0 saturated carbocycles. The van der Waals surface area contributed by atoms with Crippen LogP contribution in [0.15, 0.2) is 54.6 Å². The lowest BCUT2D eigenvalue weighted by Crippen LogP contribution is -2.20. The standard InChI is InChI=1S/C17H21NO/c1-3-7-15(12-13-18-2)19-17-11-6-9-14-8-4-5-10-16(14)17/h3-11,15,18H,12-13H2,1-2H3/b7-3+. The third kappa shape index (κ3) is 3.58. The van der Waals surface area contributed by atoms with Crippen molar-refractivity contribution in [1.82, 2.24) is 5.32 Å². The first-order valence-corrected chi connectivity index (χ1v) is 6.77. The summed E-state index contributed by atoms with van der Waals surface area (Å²) in [7, 11) is 1.96. The number of hydrogen-bond acceptors (Lipinski definition) is 2. The maximum Gasteiger partial charge on any atom is 0.128 e. The van der Waals surface area contributed by atoms with Crippen molar-refractivity contribution in [2.75, 3.05) is 13.6 Å². The van der Waals surface area contributed by atoms with Crippen molar-refractivity contribution >= 4 is 10.8 Å². The minimum absolute atomic E-state index is 0.114. The van der Waals surface area contributed by atoms with Gasteiger partial charge in [-0.1, -0.05) is 42.5 Å². The first kappa shape index (κ1) is 13.6. The van der Waals surface area contributed by atoms with Gasteiger partial charge in [-0.3, -0.25) is 0 Å². The number of allylic oxidation sites excluding steroid dienone is 1. The Morgan fingerprint density at radius 2 is 1.95 bits per heavy atom. The Bertz CT molecular complexity index is 542. The molecule has 0 bridgehead atoms. The molecule has 19 heavy (non-hydrogen) atoms. The first-order valence-electron chi connectivity index (χ1n) is 6.77. The molecule has 0 spiro atoms. The molecule has 1 unspecified atom stereocenters. The number of fused-ring (bicyclic) bond motifs is 1. The molecule has 0 fully saturated rings. The van der Waals surface area contributed by atoms with Crippen LogP contribution in [0.3, 0.4) is 0 Å². The van der Waals surface area contributed by atoms with Gasteiger partial charge in [-0.2, -0.15) is 0 Å². The summed E-state index contributed by atoms with van der Waals surface area (Å²) in [5.41, 5.74) is 0. The predicted octanol–water partition coefficient (Wildman–Crippen LogP) is 3.77. The molecule has 2 aromatic rings. The summed E-state index contributed by atoms with van der Waals surface area (Å²) in [4.78, 5) is 0. The Kier molecular flexibility index (Phi) is 4.99. The molecular formula is C17H21NO. The summed E-state index contributed by atoms with van der Waals surface area (Å²) in [6.07, 6.45) is 5.23. The molecule has 1 N–H and O–H groups in total. The Balaban J connectivity index is 2.23. The van der Waals surface area contributed by atoms with Crippen molar-refractivity contribution in [2.24, 2.45) is 0 Å². The number of benzene rings is 2. The molecule has 2 rings (SSSR count). The zero-order valence-electron chi connectivity index (χ0n) is 11.6. The highest BCUT2D eigenvalue weighted by Crippen LogP contribution is 2.26. The molecule has 2 heteroatoms. The maximum absolute atomic E-state index is 6.14. The van der Waals surface area contributed by atoms with Crippen molar-refractivity contribution in [3.05, 3.63) is 54.6 Å². The topological polar surface area (TPSA) is 21.3 Å². The zero-order valence-corrected chi connectivity index (χ0v) is 11.6. The molecule has 0 aliphatic heterocycles. The fourth-order valence-electron chi connectivity index (χ4n) is 2.16. The van der Waals surface area contributed by atoms with Crippen molar-refractivity contribution in [2.45, 2.75) is 19.4 Å². The summed E-state index contributed by atoms with van der Waals surface area (Å²) in [5, 5.41) is 5.55. The van der Waals surface area contributed by atoms with Crippen molar-refractivity contribution in [1.29, 1.82) is 0 Å². The van der Waals surface area contributed by atoms with E-state index in [-0.39, 0.29) is 6.10 Å². The highest BCUT2D eigenvalue weighted by Gasteiger charge is 2.08. The van der Waals surface area contributed by atoms with Crippen LogP contribution in [0.1, 0.15) is 13.3 Å². The molecule has 0 amide bonds. The van der Waals surface area contributed by atoms with E-state index in [1.165, 1.54) is 10.8 Å². The van der Waals surface area contributed by atoms with Gasteiger partial charge in [-0.15, -0.1) is 0 Å².